The zero-order valence-electron chi connectivity index (χ0n) is 17.6. The van der Waals surface area contributed by atoms with Gasteiger partial charge in [0, 0.05) is 39.6 Å². The molecular formula is C23H22BrClN4O3. The minimum Gasteiger partial charge on any atom is -0.444 e. The van der Waals surface area contributed by atoms with Crippen molar-refractivity contribution in [1.82, 2.24) is 15.2 Å². The van der Waals surface area contributed by atoms with Gasteiger partial charge in [0.1, 0.15) is 18.7 Å². The van der Waals surface area contributed by atoms with Crippen LogP contribution < -0.4 is 5.32 Å². The molecule has 2 amide bonds. The summed E-state index contributed by atoms with van der Waals surface area (Å²) in [4.78, 5) is 31.7. The van der Waals surface area contributed by atoms with Crippen molar-refractivity contribution >= 4 is 39.5 Å². The molecule has 1 aliphatic heterocycles. The Labute approximate surface area is 199 Å². The number of amides is 2. The smallest absolute Gasteiger partial charge is 0.410 e. The molecular weight excluding hydrogens is 496 g/mol. The summed E-state index contributed by atoms with van der Waals surface area (Å²) in [6.07, 6.45) is 2.57. The highest BCUT2D eigenvalue weighted by atomic mass is 79.9. The Bertz CT molecular complexity index is 1100. The average molecular weight is 518 g/mol. The van der Waals surface area contributed by atoms with Gasteiger partial charge in [0.2, 0.25) is 5.91 Å². The number of fused-ring (bicyclic) bond motifs is 1. The van der Waals surface area contributed by atoms with Gasteiger partial charge < -0.3 is 10.1 Å². The summed E-state index contributed by atoms with van der Waals surface area (Å²) >= 11 is 9.48. The topological polar surface area (TPSA) is 95.3 Å². The van der Waals surface area contributed by atoms with Gasteiger partial charge in [0.15, 0.2) is 0 Å². The van der Waals surface area contributed by atoms with Crippen LogP contribution in [0.4, 0.5) is 4.79 Å². The summed E-state index contributed by atoms with van der Waals surface area (Å²) in [6, 6.07) is 9.39. The van der Waals surface area contributed by atoms with Crippen molar-refractivity contribution in [3.05, 3.63) is 63.3 Å². The molecule has 1 saturated carbocycles. The van der Waals surface area contributed by atoms with Crippen molar-refractivity contribution in [2.45, 2.75) is 32.5 Å². The molecule has 2 aliphatic rings. The van der Waals surface area contributed by atoms with Gasteiger partial charge in [-0.3, -0.25) is 14.7 Å². The van der Waals surface area contributed by atoms with Gasteiger partial charge >= 0.3 is 6.09 Å². The van der Waals surface area contributed by atoms with Crippen LogP contribution in [0, 0.1) is 28.6 Å². The number of pyridine rings is 1. The molecule has 9 heteroatoms. The van der Waals surface area contributed by atoms with Crippen molar-refractivity contribution in [3.8, 4) is 6.07 Å². The highest BCUT2D eigenvalue weighted by Gasteiger charge is 2.69. The van der Waals surface area contributed by atoms with E-state index in [1.807, 2.05) is 6.07 Å². The van der Waals surface area contributed by atoms with E-state index in [4.69, 9.17) is 16.3 Å². The fraction of sp³-hybridized carbons (Fsp3) is 0.391. The fourth-order valence-corrected chi connectivity index (χ4v) is 5.19. The molecule has 1 aromatic heterocycles. The summed E-state index contributed by atoms with van der Waals surface area (Å²) in [7, 11) is 0. The van der Waals surface area contributed by atoms with Crippen molar-refractivity contribution in [3.63, 3.8) is 0 Å². The monoisotopic (exact) mass is 516 g/mol. The van der Waals surface area contributed by atoms with E-state index < -0.39 is 18.2 Å². The molecule has 0 bridgehead atoms. The molecule has 1 aromatic carbocycles. The summed E-state index contributed by atoms with van der Waals surface area (Å²) < 4.78 is 6.19. The third-order valence-electron chi connectivity index (χ3n) is 6.50. The number of hydrogen-bond acceptors (Lipinski definition) is 5. The van der Waals surface area contributed by atoms with Crippen molar-refractivity contribution in [1.29, 1.82) is 5.26 Å². The lowest BCUT2D eigenvalue weighted by Crippen LogP contribution is -2.50. The maximum absolute atomic E-state index is 13.3. The van der Waals surface area contributed by atoms with Crippen molar-refractivity contribution in [2.24, 2.45) is 17.3 Å². The number of hydrogen-bond donors (Lipinski definition) is 1. The van der Waals surface area contributed by atoms with E-state index in [2.05, 4.69) is 46.1 Å². The Morgan fingerprint density at radius 3 is 2.84 bits per heavy atom. The Hall–Kier alpha value is -2.63. The van der Waals surface area contributed by atoms with Crippen LogP contribution >= 0.6 is 27.5 Å². The SMILES string of the molecule is CC1(C)[C@@H]2[C@@H](C(=O)NC(C#N)c3cncc(Br)c3)N(C(=O)OCc3ccccc3Cl)C[C@@H]21. The number of aromatic nitrogens is 1. The molecule has 4 rings (SSSR count). The number of likely N-dealkylation sites (tertiary alicyclic amines) is 1. The summed E-state index contributed by atoms with van der Waals surface area (Å²) in [5, 5.41) is 12.9. The quantitative estimate of drug-likeness (QED) is 0.631. The van der Waals surface area contributed by atoms with E-state index in [-0.39, 0.29) is 29.8 Å². The number of carbonyl (C=O) groups is 2. The van der Waals surface area contributed by atoms with Crippen molar-refractivity contribution in [2.75, 3.05) is 6.54 Å². The first-order chi connectivity index (χ1) is 15.2. The van der Waals surface area contributed by atoms with Crippen LogP contribution in [0.1, 0.15) is 31.0 Å². The Morgan fingerprint density at radius 2 is 2.16 bits per heavy atom. The second-order valence-electron chi connectivity index (χ2n) is 8.70. The van der Waals surface area contributed by atoms with Gasteiger partial charge in [-0.05, 0) is 45.3 Å². The molecule has 2 aromatic rings. The maximum Gasteiger partial charge on any atom is 0.410 e. The second kappa shape index (κ2) is 8.72. The number of benzene rings is 1. The lowest BCUT2D eigenvalue weighted by atomic mass is 10.00. The fourth-order valence-electron chi connectivity index (χ4n) is 4.62. The largest absolute Gasteiger partial charge is 0.444 e. The first kappa shape index (κ1) is 22.6. The van der Waals surface area contributed by atoms with Crippen LogP contribution in [0.25, 0.3) is 0 Å². The van der Waals surface area contributed by atoms with Gasteiger partial charge in [0.25, 0.3) is 0 Å². The Morgan fingerprint density at radius 1 is 1.41 bits per heavy atom. The zero-order valence-corrected chi connectivity index (χ0v) is 19.9. The highest BCUT2D eigenvalue weighted by molar-refractivity contribution is 9.10. The molecule has 166 valence electrons. The van der Waals surface area contributed by atoms with E-state index in [0.29, 0.717) is 27.2 Å². The molecule has 2 heterocycles. The van der Waals surface area contributed by atoms with Gasteiger partial charge in [0.05, 0.1) is 6.07 Å². The number of piperidine rings is 1. The maximum atomic E-state index is 13.3. The van der Waals surface area contributed by atoms with Gasteiger partial charge in [-0.1, -0.05) is 43.6 Å². The minimum absolute atomic E-state index is 0.00957. The molecule has 32 heavy (non-hydrogen) atoms. The number of nitrogens with zero attached hydrogens (tertiary/aromatic N) is 3. The summed E-state index contributed by atoms with van der Waals surface area (Å²) in [5.41, 5.74) is 1.20. The third-order valence-corrected chi connectivity index (χ3v) is 7.30. The van der Waals surface area contributed by atoms with Crippen molar-refractivity contribution < 1.29 is 14.3 Å². The van der Waals surface area contributed by atoms with E-state index in [9.17, 15) is 14.9 Å². The number of nitriles is 1. The third kappa shape index (κ3) is 4.19. The predicted octanol–water partition coefficient (Wildman–Crippen LogP) is 4.47. The lowest BCUT2D eigenvalue weighted by molar-refractivity contribution is -0.126. The predicted molar refractivity (Wildman–Crippen MR) is 121 cm³/mol. The first-order valence-electron chi connectivity index (χ1n) is 10.2. The Balaban J connectivity index is 1.49. The molecule has 1 N–H and O–H groups in total. The van der Waals surface area contributed by atoms with Crippen LogP contribution in [0.2, 0.25) is 5.02 Å². The normalized spacial score (nSPS) is 23.6. The van der Waals surface area contributed by atoms with Gasteiger partial charge in [-0.2, -0.15) is 5.26 Å². The second-order valence-corrected chi connectivity index (χ2v) is 10.0. The first-order valence-corrected chi connectivity index (χ1v) is 11.4. The standard InChI is InChI=1S/C23H22BrClN4O3/c1-23(2)16-11-29(22(31)32-12-13-5-3-4-6-17(13)25)20(19(16)23)21(30)28-18(8-26)14-7-15(24)10-27-9-14/h3-7,9-10,16,18-20H,11-12H2,1-2H3,(H,28,30)/t16-,18?,19-,20-/m0/s1. The molecule has 0 radical (unpaired) electrons. The van der Waals surface area contributed by atoms with Crippen LogP contribution in [0.15, 0.2) is 47.2 Å². The number of rotatable bonds is 5. The Kier molecular flexibility index (Phi) is 6.15. The summed E-state index contributed by atoms with van der Waals surface area (Å²) in [5.74, 6) is -0.154. The molecule has 0 spiro atoms. The molecule has 4 atom stereocenters. The van der Waals surface area contributed by atoms with Gasteiger partial charge in [-0.25, -0.2) is 4.79 Å². The lowest BCUT2D eigenvalue weighted by Gasteiger charge is -2.30. The van der Waals surface area contributed by atoms with E-state index in [1.54, 1.807) is 30.5 Å². The van der Waals surface area contributed by atoms with Crippen LogP contribution in [-0.4, -0.2) is 34.5 Å². The number of ether oxygens (including phenoxy) is 1. The van der Waals surface area contributed by atoms with Crippen LogP contribution in [0.3, 0.4) is 0 Å². The van der Waals surface area contributed by atoms with E-state index in [1.165, 1.54) is 11.1 Å². The number of carbonyl (C=O) groups excluding carboxylic acids is 2. The number of nitrogens with one attached hydrogen (secondary N) is 1. The van der Waals surface area contributed by atoms with Crippen LogP contribution in [0.5, 0.6) is 0 Å². The number of halogens is 2. The molecule has 1 aliphatic carbocycles. The van der Waals surface area contributed by atoms with Crippen LogP contribution in [-0.2, 0) is 16.1 Å². The zero-order chi connectivity index (χ0) is 23.0. The molecule has 7 nitrogen and oxygen atoms in total. The van der Waals surface area contributed by atoms with Gasteiger partial charge in [-0.15, -0.1) is 0 Å². The molecule has 1 saturated heterocycles. The summed E-state index contributed by atoms with van der Waals surface area (Å²) in [6.45, 7) is 4.64. The van der Waals surface area contributed by atoms with E-state index >= 15 is 0 Å². The minimum atomic E-state index is -0.880. The average Bonchev–Trinajstić information content (AvgIpc) is 3.11. The van der Waals surface area contributed by atoms with E-state index in [0.717, 1.165) is 0 Å². The highest BCUT2D eigenvalue weighted by Crippen LogP contribution is 2.65. The molecule has 2 fully saturated rings. The molecule has 1 unspecified atom stereocenters.